The van der Waals surface area contributed by atoms with Crippen LogP contribution in [0, 0.1) is 11.8 Å². The van der Waals surface area contributed by atoms with E-state index in [1.807, 2.05) is 13.8 Å². The standard InChI is InChI=1S/C13H24N2O4/c1-9(2)5-6-11(16)14-7-12(17)15(4)8-10(3)13(18)19/h9-10H,5-8H2,1-4H3,(H,14,16)(H,18,19). The minimum Gasteiger partial charge on any atom is -0.481 e. The average molecular weight is 272 g/mol. The van der Waals surface area contributed by atoms with Crippen LogP contribution in [0.2, 0.25) is 0 Å². The zero-order chi connectivity index (χ0) is 15.0. The van der Waals surface area contributed by atoms with Gasteiger partial charge in [-0.3, -0.25) is 14.4 Å². The first-order valence-electron chi connectivity index (χ1n) is 6.47. The van der Waals surface area contributed by atoms with E-state index < -0.39 is 11.9 Å². The fourth-order valence-corrected chi connectivity index (χ4v) is 1.41. The Bertz CT molecular complexity index is 329. The molecule has 0 radical (unpaired) electrons. The summed E-state index contributed by atoms with van der Waals surface area (Å²) in [5.74, 6) is -1.56. The fraction of sp³-hybridized carbons (Fsp3) is 0.769. The Kier molecular flexibility index (Phi) is 7.79. The molecule has 6 heteroatoms. The maximum absolute atomic E-state index is 11.7. The minimum absolute atomic E-state index is 0.0836. The van der Waals surface area contributed by atoms with Gasteiger partial charge in [-0.2, -0.15) is 0 Å². The molecule has 0 bridgehead atoms. The SMILES string of the molecule is CC(C)CCC(=O)NCC(=O)N(C)CC(C)C(=O)O. The zero-order valence-electron chi connectivity index (χ0n) is 12.1. The molecule has 0 aromatic heterocycles. The van der Waals surface area contributed by atoms with Crippen molar-refractivity contribution >= 4 is 17.8 Å². The van der Waals surface area contributed by atoms with E-state index in [0.717, 1.165) is 6.42 Å². The summed E-state index contributed by atoms with van der Waals surface area (Å²) in [5, 5.41) is 11.3. The molecule has 0 aliphatic rings. The van der Waals surface area contributed by atoms with E-state index in [0.29, 0.717) is 12.3 Å². The molecule has 0 saturated heterocycles. The molecule has 19 heavy (non-hydrogen) atoms. The molecule has 1 unspecified atom stereocenters. The lowest BCUT2D eigenvalue weighted by molar-refractivity contribution is -0.142. The molecule has 110 valence electrons. The third-order valence-corrected chi connectivity index (χ3v) is 2.78. The lowest BCUT2D eigenvalue weighted by Crippen LogP contribution is -2.40. The topological polar surface area (TPSA) is 86.7 Å². The van der Waals surface area contributed by atoms with E-state index in [-0.39, 0.29) is 24.9 Å². The number of rotatable bonds is 8. The highest BCUT2D eigenvalue weighted by molar-refractivity contribution is 5.84. The number of carboxylic acid groups (broad SMARTS) is 1. The predicted molar refractivity (Wildman–Crippen MR) is 71.5 cm³/mol. The van der Waals surface area contributed by atoms with Crippen LogP contribution in [-0.2, 0) is 14.4 Å². The third-order valence-electron chi connectivity index (χ3n) is 2.78. The number of hydrogen-bond acceptors (Lipinski definition) is 3. The third kappa shape index (κ3) is 8.18. The number of carboxylic acids is 1. The molecule has 2 amide bonds. The Morgan fingerprint density at radius 1 is 1.21 bits per heavy atom. The molecule has 0 spiro atoms. The Morgan fingerprint density at radius 2 is 1.79 bits per heavy atom. The summed E-state index contributed by atoms with van der Waals surface area (Å²) >= 11 is 0. The Hall–Kier alpha value is -1.59. The second-order valence-corrected chi connectivity index (χ2v) is 5.22. The number of amides is 2. The number of hydrogen-bond donors (Lipinski definition) is 2. The van der Waals surface area contributed by atoms with Crippen LogP contribution in [-0.4, -0.2) is 47.9 Å². The van der Waals surface area contributed by atoms with Gasteiger partial charge in [0.1, 0.15) is 0 Å². The molecule has 0 heterocycles. The van der Waals surface area contributed by atoms with E-state index in [2.05, 4.69) is 5.32 Å². The summed E-state index contributed by atoms with van der Waals surface area (Å²) in [6.07, 6.45) is 1.19. The monoisotopic (exact) mass is 272 g/mol. The van der Waals surface area contributed by atoms with Gasteiger partial charge in [-0.25, -0.2) is 0 Å². The van der Waals surface area contributed by atoms with Gasteiger partial charge in [0, 0.05) is 20.0 Å². The van der Waals surface area contributed by atoms with Crippen LogP contribution in [0.25, 0.3) is 0 Å². The first-order chi connectivity index (χ1) is 8.73. The molecular weight excluding hydrogens is 248 g/mol. The van der Waals surface area contributed by atoms with Crippen molar-refractivity contribution in [1.82, 2.24) is 10.2 Å². The Balaban J connectivity index is 3.96. The van der Waals surface area contributed by atoms with Gasteiger partial charge in [0.15, 0.2) is 0 Å². The number of carbonyl (C=O) groups is 3. The fourth-order valence-electron chi connectivity index (χ4n) is 1.41. The maximum atomic E-state index is 11.7. The summed E-state index contributed by atoms with van der Waals surface area (Å²) < 4.78 is 0. The van der Waals surface area contributed by atoms with Gasteiger partial charge in [0.2, 0.25) is 11.8 Å². The van der Waals surface area contributed by atoms with Gasteiger partial charge in [-0.05, 0) is 12.3 Å². The smallest absolute Gasteiger partial charge is 0.308 e. The van der Waals surface area contributed by atoms with E-state index >= 15 is 0 Å². The molecule has 1 atom stereocenters. The summed E-state index contributed by atoms with van der Waals surface area (Å²) in [7, 11) is 1.53. The molecule has 0 aliphatic carbocycles. The van der Waals surface area contributed by atoms with Crippen molar-refractivity contribution in [3.8, 4) is 0 Å². The number of nitrogens with zero attached hydrogens (tertiary/aromatic N) is 1. The van der Waals surface area contributed by atoms with Gasteiger partial charge < -0.3 is 15.3 Å². The summed E-state index contributed by atoms with van der Waals surface area (Å²) in [4.78, 5) is 35.1. The van der Waals surface area contributed by atoms with Crippen LogP contribution in [0.1, 0.15) is 33.6 Å². The minimum atomic E-state index is -0.944. The van der Waals surface area contributed by atoms with E-state index in [1.54, 1.807) is 0 Å². The van der Waals surface area contributed by atoms with Crippen molar-refractivity contribution in [2.24, 2.45) is 11.8 Å². The van der Waals surface area contributed by atoms with Crippen molar-refractivity contribution in [3.63, 3.8) is 0 Å². The highest BCUT2D eigenvalue weighted by Crippen LogP contribution is 2.03. The number of nitrogens with one attached hydrogen (secondary N) is 1. The van der Waals surface area contributed by atoms with Crippen molar-refractivity contribution in [3.05, 3.63) is 0 Å². The van der Waals surface area contributed by atoms with Crippen molar-refractivity contribution < 1.29 is 19.5 Å². The van der Waals surface area contributed by atoms with E-state index in [1.165, 1.54) is 18.9 Å². The molecule has 0 rings (SSSR count). The van der Waals surface area contributed by atoms with Crippen LogP contribution in [0.5, 0.6) is 0 Å². The molecule has 0 saturated carbocycles. The second-order valence-electron chi connectivity index (χ2n) is 5.22. The van der Waals surface area contributed by atoms with Gasteiger partial charge >= 0.3 is 5.97 Å². The normalized spacial score (nSPS) is 12.1. The highest BCUT2D eigenvalue weighted by Gasteiger charge is 2.17. The van der Waals surface area contributed by atoms with Crippen LogP contribution >= 0.6 is 0 Å². The number of likely N-dealkylation sites (N-methyl/N-ethyl adjacent to an activating group) is 1. The van der Waals surface area contributed by atoms with Crippen LogP contribution < -0.4 is 5.32 Å². The van der Waals surface area contributed by atoms with Crippen LogP contribution in [0.4, 0.5) is 0 Å². The highest BCUT2D eigenvalue weighted by atomic mass is 16.4. The Labute approximate surface area is 114 Å². The number of aliphatic carboxylic acids is 1. The zero-order valence-corrected chi connectivity index (χ0v) is 12.1. The Morgan fingerprint density at radius 3 is 2.26 bits per heavy atom. The van der Waals surface area contributed by atoms with Gasteiger partial charge in [0.25, 0.3) is 0 Å². The second kappa shape index (κ2) is 8.50. The number of carbonyl (C=O) groups excluding carboxylic acids is 2. The first kappa shape index (κ1) is 17.4. The lowest BCUT2D eigenvalue weighted by Gasteiger charge is -2.19. The van der Waals surface area contributed by atoms with Crippen LogP contribution in [0.15, 0.2) is 0 Å². The molecule has 2 N–H and O–H groups in total. The van der Waals surface area contributed by atoms with E-state index in [9.17, 15) is 14.4 Å². The van der Waals surface area contributed by atoms with Crippen LogP contribution in [0.3, 0.4) is 0 Å². The van der Waals surface area contributed by atoms with Gasteiger partial charge in [0.05, 0.1) is 12.5 Å². The predicted octanol–water partition coefficient (Wildman–Crippen LogP) is 0.718. The van der Waals surface area contributed by atoms with Crippen molar-refractivity contribution in [2.75, 3.05) is 20.1 Å². The molecule has 0 aromatic rings. The quantitative estimate of drug-likeness (QED) is 0.681. The first-order valence-corrected chi connectivity index (χ1v) is 6.47. The molecule has 0 fully saturated rings. The molecule has 0 aromatic carbocycles. The van der Waals surface area contributed by atoms with Crippen molar-refractivity contribution in [1.29, 1.82) is 0 Å². The largest absolute Gasteiger partial charge is 0.481 e. The van der Waals surface area contributed by atoms with Crippen molar-refractivity contribution in [2.45, 2.75) is 33.6 Å². The molecule has 0 aliphatic heterocycles. The molecule has 6 nitrogen and oxygen atoms in total. The average Bonchev–Trinajstić information content (AvgIpc) is 2.32. The van der Waals surface area contributed by atoms with E-state index in [4.69, 9.17) is 5.11 Å². The lowest BCUT2D eigenvalue weighted by atomic mass is 10.1. The van der Waals surface area contributed by atoms with Gasteiger partial charge in [-0.1, -0.05) is 20.8 Å². The maximum Gasteiger partial charge on any atom is 0.308 e. The molecular formula is C13H24N2O4. The summed E-state index contributed by atoms with van der Waals surface area (Å²) in [5.41, 5.74) is 0. The van der Waals surface area contributed by atoms with Gasteiger partial charge in [-0.15, -0.1) is 0 Å². The summed E-state index contributed by atoms with van der Waals surface area (Å²) in [6.45, 7) is 5.64. The summed E-state index contributed by atoms with van der Waals surface area (Å²) in [6, 6.07) is 0.